The molecule has 0 saturated carbocycles. The van der Waals surface area contributed by atoms with Gasteiger partial charge in [-0.3, -0.25) is 0 Å². The number of benzene rings is 2. The average Bonchev–Trinajstić information content (AvgIpc) is 2.32. The van der Waals surface area contributed by atoms with Crippen LogP contribution in [-0.2, 0) is 0 Å². The standard InChI is InChI=1S/C13H9BrF2/c1-8-7-10(9-5-3-2-4-6-9)13(16)11(14)12(8)15/h2-7H,1H3. The Balaban J connectivity index is 2.68. The van der Waals surface area contributed by atoms with Gasteiger partial charge in [0.1, 0.15) is 11.6 Å². The zero-order chi connectivity index (χ0) is 11.7. The molecule has 0 spiro atoms. The fourth-order valence-electron chi connectivity index (χ4n) is 1.56. The van der Waals surface area contributed by atoms with E-state index in [1.54, 1.807) is 19.1 Å². The van der Waals surface area contributed by atoms with Crippen molar-refractivity contribution in [3.05, 3.63) is 58.1 Å². The van der Waals surface area contributed by atoms with Gasteiger partial charge in [-0.1, -0.05) is 30.3 Å². The van der Waals surface area contributed by atoms with E-state index >= 15 is 0 Å². The van der Waals surface area contributed by atoms with Crippen molar-refractivity contribution in [2.45, 2.75) is 6.92 Å². The van der Waals surface area contributed by atoms with E-state index in [0.717, 1.165) is 5.56 Å². The van der Waals surface area contributed by atoms with Gasteiger partial charge in [0.15, 0.2) is 0 Å². The summed E-state index contributed by atoms with van der Waals surface area (Å²) in [5.74, 6) is -1.11. The minimum absolute atomic E-state index is 0.105. The Morgan fingerprint density at radius 3 is 2.25 bits per heavy atom. The monoisotopic (exact) mass is 282 g/mol. The summed E-state index contributed by atoms with van der Waals surface area (Å²) in [5, 5.41) is 0. The molecule has 2 aromatic rings. The smallest absolute Gasteiger partial charge is 0.148 e. The summed E-state index contributed by atoms with van der Waals surface area (Å²) < 4.78 is 27.1. The van der Waals surface area contributed by atoms with Crippen molar-refractivity contribution in [2.75, 3.05) is 0 Å². The minimum atomic E-state index is -0.561. The van der Waals surface area contributed by atoms with Crippen molar-refractivity contribution in [1.82, 2.24) is 0 Å². The first-order chi connectivity index (χ1) is 7.61. The second-order valence-corrected chi connectivity index (χ2v) is 4.34. The molecule has 0 bridgehead atoms. The zero-order valence-electron chi connectivity index (χ0n) is 8.60. The SMILES string of the molecule is Cc1cc(-c2ccccc2)c(F)c(Br)c1F. The van der Waals surface area contributed by atoms with Crippen LogP contribution in [0.25, 0.3) is 11.1 Å². The molecule has 0 saturated heterocycles. The third kappa shape index (κ3) is 1.87. The molecule has 82 valence electrons. The molecule has 0 aliphatic heterocycles. The molecule has 0 aliphatic rings. The number of halogens is 3. The number of rotatable bonds is 1. The lowest BCUT2D eigenvalue weighted by atomic mass is 10.0. The van der Waals surface area contributed by atoms with Gasteiger partial charge in [0.05, 0.1) is 4.47 Å². The highest BCUT2D eigenvalue weighted by Crippen LogP contribution is 2.31. The Morgan fingerprint density at radius 1 is 1.00 bits per heavy atom. The van der Waals surface area contributed by atoms with Crippen LogP contribution in [0.15, 0.2) is 40.9 Å². The van der Waals surface area contributed by atoms with Gasteiger partial charge in [-0.05, 0) is 40.0 Å². The maximum atomic E-state index is 13.8. The summed E-state index contributed by atoms with van der Waals surface area (Å²) in [6.07, 6.45) is 0. The van der Waals surface area contributed by atoms with Crippen molar-refractivity contribution in [3.8, 4) is 11.1 Å². The van der Waals surface area contributed by atoms with E-state index < -0.39 is 11.6 Å². The number of aryl methyl sites for hydroxylation is 1. The molecule has 0 unspecified atom stereocenters. The first-order valence-electron chi connectivity index (χ1n) is 4.80. The second kappa shape index (κ2) is 4.34. The average molecular weight is 283 g/mol. The molecule has 0 N–H and O–H groups in total. The lowest BCUT2D eigenvalue weighted by Crippen LogP contribution is -1.93. The maximum Gasteiger partial charge on any atom is 0.148 e. The molecule has 3 heteroatoms. The molecule has 0 aliphatic carbocycles. The van der Waals surface area contributed by atoms with E-state index in [0.29, 0.717) is 11.1 Å². The molecule has 16 heavy (non-hydrogen) atoms. The van der Waals surface area contributed by atoms with E-state index in [9.17, 15) is 8.78 Å². The third-order valence-electron chi connectivity index (χ3n) is 2.41. The summed E-state index contributed by atoms with van der Waals surface area (Å²) in [6.45, 7) is 1.62. The lowest BCUT2D eigenvalue weighted by molar-refractivity contribution is 0.568. The van der Waals surface area contributed by atoms with Gasteiger partial charge in [-0.2, -0.15) is 0 Å². The molecule has 2 aromatic carbocycles. The van der Waals surface area contributed by atoms with Crippen LogP contribution >= 0.6 is 15.9 Å². The molecular formula is C13H9BrF2. The Kier molecular flexibility index (Phi) is 3.06. The van der Waals surface area contributed by atoms with E-state index in [-0.39, 0.29) is 4.47 Å². The maximum absolute atomic E-state index is 13.8. The highest BCUT2D eigenvalue weighted by molar-refractivity contribution is 9.10. The predicted octanol–water partition coefficient (Wildman–Crippen LogP) is 4.70. The Labute approximate surface area is 101 Å². The van der Waals surface area contributed by atoms with E-state index in [1.807, 2.05) is 18.2 Å². The molecule has 0 atom stereocenters. The van der Waals surface area contributed by atoms with Crippen LogP contribution in [0.1, 0.15) is 5.56 Å². The first kappa shape index (κ1) is 11.3. The van der Waals surface area contributed by atoms with Crippen molar-refractivity contribution >= 4 is 15.9 Å². The normalized spacial score (nSPS) is 10.5. The van der Waals surface area contributed by atoms with Crippen LogP contribution in [0.2, 0.25) is 0 Å². The van der Waals surface area contributed by atoms with Crippen molar-refractivity contribution in [2.24, 2.45) is 0 Å². The molecule has 0 nitrogen and oxygen atoms in total. The summed E-state index contributed by atoms with van der Waals surface area (Å²) in [5.41, 5.74) is 1.57. The van der Waals surface area contributed by atoms with Gasteiger partial charge < -0.3 is 0 Å². The van der Waals surface area contributed by atoms with E-state index in [1.165, 1.54) is 6.07 Å². The summed E-state index contributed by atoms with van der Waals surface area (Å²) in [4.78, 5) is 0. The molecular weight excluding hydrogens is 274 g/mol. The van der Waals surface area contributed by atoms with Gasteiger partial charge in [-0.15, -0.1) is 0 Å². The summed E-state index contributed by atoms with van der Waals surface area (Å²) in [6, 6.07) is 10.6. The Morgan fingerprint density at radius 2 is 1.62 bits per heavy atom. The van der Waals surface area contributed by atoms with Crippen LogP contribution in [0, 0.1) is 18.6 Å². The topological polar surface area (TPSA) is 0 Å². The van der Waals surface area contributed by atoms with E-state index in [2.05, 4.69) is 15.9 Å². The molecule has 0 radical (unpaired) electrons. The summed E-state index contributed by atoms with van der Waals surface area (Å²) in [7, 11) is 0. The number of hydrogen-bond donors (Lipinski definition) is 0. The van der Waals surface area contributed by atoms with Gasteiger partial charge in [0.2, 0.25) is 0 Å². The van der Waals surface area contributed by atoms with Gasteiger partial charge in [0, 0.05) is 5.56 Å². The van der Waals surface area contributed by atoms with E-state index in [4.69, 9.17) is 0 Å². The van der Waals surface area contributed by atoms with Crippen molar-refractivity contribution in [3.63, 3.8) is 0 Å². The summed E-state index contributed by atoms with van der Waals surface area (Å²) >= 11 is 2.93. The van der Waals surface area contributed by atoms with Gasteiger partial charge >= 0.3 is 0 Å². The van der Waals surface area contributed by atoms with Crippen LogP contribution < -0.4 is 0 Å². The van der Waals surface area contributed by atoms with Crippen LogP contribution in [0.4, 0.5) is 8.78 Å². The van der Waals surface area contributed by atoms with Gasteiger partial charge in [0.25, 0.3) is 0 Å². The Bertz CT molecular complexity index is 521. The molecule has 0 heterocycles. The van der Waals surface area contributed by atoms with Crippen LogP contribution in [0.3, 0.4) is 0 Å². The minimum Gasteiger partial charge on any atom is -0.205 e. The van der Waals surface area contributed by atoms with Gasteiger partial charge in [-0.25, -0.2) is 8.78 Å². The number of hydrogen-bond acceptors (Lipinski definition) is 0. The van der Waals surface area contributed by atoms with Crippen molar-refractivity contribution < 1.29 is 8.78 Å². The second-order valence-electron chi connectivity index (χ2n) is 3.55. The largest absolute Gasteiger partial charge is 0.205 e. The quantitative estimate of drug-likeness (QED) is 0.665. The highest BCUT2D eigenvalue weighted by Gasteiger charge is 2.15. The molecule has 0 amide bonds. The van der Waals surface area contributed by atoms with Crippen molar-refractivity contribution in [1.29, 1.82) is 0 Å². The van der Waals surface area contributed by atoms with Crippen LogP contribution in [-0.4, -0.2) is 0 Å². The lowest BCUT2D eigenvalue weighted by Gasteiger charge is -2.08. The highest BCUT2D eigenvalue weighted by atomic mass is 79.9. The first-order valence-corrected chi connectivity index (χ1v) is 5.60. The third-order valence-corrected chi connectivity index (χ3v) is 3.11. The molecule has 2 rings (SSSR count). The predicted molar refractivity (Wildman–Crippen MR) is 64.2 cm³/mol. The molecule has 0 aromatic heterocycles. The zero-order valence-corrected chi connectivity index (χ0v) is 10.2. The van der Waals surface area contributed by atoms with Crippen LogP contribution in [0.5, 0.6) is 0 Å². The fraction of sp³-hybridized carbons (Fsp3) is 0.0769. The fourth-order valence-corrected chi connectivity index (χ4v) is 2.08. The molecule has 0 fully saturated rings. The Hall–Kier alpha value is -1.22.